The van der Waals surface area contributed by atoms with Crippen LogP contribution in [0.3, 0.4) is 0 Å². The second-order valence-corrected chi connectivity index (χ2v) is 3.97. The molecular formula is C13H19Cl2NO. The molecule has 0 aliphatic rings. The van der Waals surface area contributed by atoms with Crippen molar-refractivity contribution in [3.63, 3.8) is 0 Å². The van der Waals surface area contributed by atoms with E-state index in [9.17, 15) is 0 Å². The van der Waals surface area contributed by atoms with Gasteiger partial charge in [-0.3, -0.25) is 5.41 Å². The summed E-state index contributed by atoms with van der Waals surface area (Å²) in [5, 5.41) is 7.90. The van der Waals surface area contributed by atoms with Crippen molar-refractivity contribution in [2.24, 2.45) is 0 Å². The predicted octanol–water partition coefficient (Wildman–Crippen LogP) is 4.22. The largest absolute Gasteiger partial charge is 0.481 e. The zero-order chi connectivity index (χ0) is 11.8. The SMILES string of the molecule is CCOC(=N)C(CCCCl)c1ccccc1.Cl. The van der Waals surface area contributed by atoms with E-state index in [1.165, 1.54) is 0 Å². The smallest absolute Gasteiger partial charge is 0.188 e. The molecule has 0 aliphatic carbocycles. The second-order valence-electron chi connectivity index (χ2n) is 3.59. The molecule has 1 N–H and O–H groups in total. The van der Waals surface area contributed by atoms with Crippen molar-refractivity contribution in [3.8, 4) is 0 Å². The maximum atomic E-state index is 7.90. The second kappa shape index (κ2) is 9.32. The number of hydrogen-bond acceptors (Lipinski definition) is 2. The van der Waals surface area contributed by atoms with Gasteiger partial charge in [0.15, 0.2) is 5.90 Å². The van der Waals surface area contributed by atoms with Gasteiger partial charge in [0.05, 0.1) is 12.5 Å². The first-order valence-corrected chi connectivity index (χ1v) is 6.15. The summed E-state index contributed by atoms with van der Waals surface area (Å²) >= 11 is 5.70. The van der Waals surface area contributed by atoms with Crippen LogP contribution in [0, 0.1) is 5.41 Å². The van der Waals surface area contributed by atoms with Crippen LogP contribution in [0.15, 0.2) is 30.3 Å². The van der Waals surface area contributed by atoms with Crippen LogP contribution in [0.2, 0.25) is 0 Å². The highest BCUT2D eigenvalue weighted by Crippen LogP contribution is 2.23. The lowest BCUT2D eigenvalue weighted by Crippen LogP contribution is -2.15. The summed E-state index contributed by atoms with van der Waals surface area (Å²) in [6.45, 7) is 2.45. The summed E-state index contributed by atoms with van der Waals surface area (Å²) in [6.07, 6.45) is 1.77. The molecule has 1 aromatic carbocycles. The Labute approximate surface area is 114 Å². The third kappa shape index (κ3) is 5.42. The van der Waals surface area contributed by atoms with Crippen molar-refractivity contribution in [2.75, 3.05) is 12.5 Å². The number of benzene rings is 1. The zero-order valence-corrected chi connectivity index (χ0v) is 11.6. The molecule has 0 radical (unpaired) electrons. The van der Waals surface area contributed by atoms with Gasteiger partial charge < -0.3 is 4.74 Å². The molecule has 1 rings (SSSR count). The van der Waals surface area contributed by atoms with Gasteiger partial charge in [0.2, 0.25) is 0 Å². The quantitative estimate of drug-likeness (QED) is 0.471. The average molecular weight is 276 g/mol. The van der Waals surface area contributed by atoms with Crippen LogP contribution in [0.5, 0.6) is 0 Å². The molecule has 0 aliphatic heterocycles. The lowest BCUT2D eigenvalue weighted by atomic mass is 9.94. The molecule has 96 valence electrons. The van der Waals surface area contributed by atoms with Gasteiger partial charge in [-0.2, -0.15) is 0 Å². The molecule has 0 heterocycles. The van der Waals surface area contributed by atoms with Crippen LogP contribution >= 0.6 is 24.0 Å². The lowest BCUT2D eigenvalue weighted by molar-refractivity contribution is 0.305. The number of halogens is 2. The van der Waals surface area contributed by atoms with Gasteiger partial charge in [-0.15, -0.1) is 24.0 Å². The predicted molar refractivity (Wildman–Crippen MR) is 75.7 cm³/mol. The van der Waals surface area contributed by atoms with Gasteiger partial charge in [-0.1, -0.05) is 30.3 Å². The summed E-state index contributed by atoms with van der Waals surface area (Å²) in [5.74, 6) is 1.02. The first-order valence-electron chi connectivity index (χ1n) is 5.61. The number of alkyl halides is 1. The minimum Gasteiger partial charge on any atom is -0.481 e. The van der Waals surface area contributed by atoms with Crippen LogP contribution in [-0.4, -0.2) is 18.4 Å². The molecule has 0 amide bonds. The third-order valence-corrected chi connectivity index (χ3v) is 2.71. The number of hydrogen-bond donors (Lipinski definition) is 1. The summed E-state index contributed by atoms with van der Waals surface area (Å²) in [7, 11) is 0. The Morgan fingerprint density at radius 1 is 1.35 bits per heavy atom. The Kier molecular flexibility index (Phi) is 8.92. The van der Waals surface area contributed by atoms with E-state index < -0.39 is 0 Å². The molecule has 0 bridgehead atoms. The molecule has 2 nitrogen and oxygen atoms in total. The molecule has 0 saturated carbocycles. The summed E-state index contributed by atoms with van der Waals surface area (Å²) in [4.78, 5) is 0. The van der Waals surface area contributed by atoms with Gasteiger partial charge in [-0.25, -0.2) is 0 Å². The number of nitrogens with one attached hydrogen (secondary N) is 1. The number of ether oxygens (including phenoxy) is 1. The Balaban J connectivity index is 0.00000256. The monoisotopic (exact) mass is 275 g/mol. The Morgan fingerprint density at radius 2 is 2.00 bits per heavy atom. The molecule has 0 fully saturated rings. The topological polar surface area (TPSA) is 33.1 Å². The molecule has 1 unspecified atom stereocenters. The van der Waals surface area contributed by atoms with Gasteiger partial charge in [0, 0.05) is 5.88 Å². The molecule has 0 saturated heterocycles. The van der Waals surface area contributed by atoms with Crippen molar-refractivity contribution < 1.29 is 4.74 Å². The first-order chi connectivity index (χ1) is 7.79. The Morgan fingerprint density at radius 3 is 2.53 bits per heavy atom. The molecule has 0 aromatic heterocycles. The van der Waals surface area contributed by atoms with Gasteiger partial charge in [0.25, 0.3) is 0 Å². The van der Waals surface area contributed by atoms with Crippen LogP contribution in [-0.2, 0) is 4.74 Å². The van der Waals surface area contributed by atoms with Crippen LogP contribution in [0.25, 0.3) is 0 Å². The van der Waals surface area contributed by atoms with E-state index in [0.29, 0.717) is 18.4 Å². The van der Waals surface area contributed by atoms with E-state index in [2.05, 4.69) is 0 Å². The van der Waals surface area contributed by atoms with E-state index in [1.807, 2.05) is 37.3 Å². The summed E-state index contributed by atoms with van der Waals surface area (Å²) in [6, 6.07) is 10.0. The fourth-order valence-electron chi connectivity index (χ4n) is 1.67. The maximum absolute atomic E-state index is 7.90. The van der Waals surface area contributed by atoms with Crippen LogP contribution in [0.4, 0.5) is 0 Å². The fourth-order valence-corrected chi connectivity index (χ4v) is 1.83. The van der Waals surface area contributed by atoms with Crippen molar-refractivity contribution in [3.05, 3.63) is 35.9 Å². The molecule has 4 heteroatoms. The average Bonchev–Trinajstić information content (AvgIpc) is 2.31. The minimum atomic E-state index is 0. The normalized spacial score (nSPS) is 11.4. The molecule has 0 spiro atoms. The number of rotatable bonds is 6. The van der Waals surface area contributed by atoms with Crippen molar-refractivity contribution in [1.82, 2.24) is 0 Å². The van der Waals surface area contributed by atoms with E-state index in [1.54, 1.807) is 0 Å². The zero-order valence-electron chi connectivity index (χ0n) is 9.99. The third-order valence-electron chi connectivity index (χ3n) is 2.44. The van der Waals surface area contributed by atoms with Gasteiger partial charge >= 0.3 is 0 Å². The molecule has 1 atom stereocenters. The first kappa shape index (κ1) is 16.3. The summed E-state index contributed by atoms with van der Waals surface area (Å²) in [5.41, 5.74) is 1.13. The van der Waals surface area contributed by atoms with E-state index >= 15 is 0 Å². The Hall–Kier alpha value is -0.730. The lowest BCUT2D eigenvalue weighted by Gasteiger charge is -2.17. The van der Waals surface area contributed by atoms with Crippen molar-refractivity contribution >= 4 is 29.9 Å². The highest BCUT2D eigenvalue weighted by Gasteiger charge is 2.17. The molecule has 1 aromatic rings. The van der Waals surface area contributed by atoms with Crippen molar-refractivity contribution in [1.29, 1.82) is 5.41 Å². The molecular weight excluding hydrogens is 257 g/mol. The highest BCUT2D eigenvalue weighted by atomic mass is 35.5. The van der Waals surface area contributed by atoms with Crippen molar-refractivity contribution in [2.45, 2.75) is 25.7 Å². The molecule has 17 heavy (non-hydrogen) atoms. The standard InChI is InChI=1S/C13H18ClNO.ClH/c1-2-16-13(15)12(9-6-10-14)11-7-4-3-5-8-11;/h3-5,7-8,12,15H,2,6,9-10H2,1H3;1H. The van der Waals surface area contributed by atoms with E-state index in [4.69, 9.17) is 21.7 Å². The maximum Gasteiger partial charge on any atom is 0.188 e. The minimum absolute atomic E-state index is 0. The Bertz CT molecular complexity index is 316. The highest BCUT2D eigenvalue weighted by molar-refractivity contribution is 6.17. The van der Waals surface area contributed by atoms with E-state index in [-0.39, 0.29) is 18.3 Å². The van der Waals surface area contributed by atoms with Gasteiger partial charge in [-0.05, 0) is 25.3 Å². The fraction of sp³-hybridized carbons (Fsp3) is 0.462. The summed E-state index contributed by atoms with van der Waals surface area (Å²) < 4.78 is 5.30. The van der Waals surface area contributed by atoms with Crippen LogP contribution in [0.1, 0.15) is 31.2 Å². The van der Waals surface area contributed by atoms with Gasteiger partial charge in [0.1, 0.15) is 0 Å². The van der Waals surface area contributed by atoms with Crippen LogP contribution < -0.4 is 0 Å². The van der Waals surface area contributed by atoms with E-state index in [0.717, 1.165) is 18.4 Å².